The molecule has 4 nitrogen and oxygen atoms in total. The molecular formula is C18H23N3OS. The smallest absolute Gasteiger partial charge is 0.223 e. The maximum absolute atomic E-state index is 12.7. The number of hydrogen-bond donors (Lipinski definition) is 1. The third-order valence-corrected chi connectivity index (χ3v) is 5.30. The van der Waals surface area contributed by atoms with E-state index in [2.05, 4.69) is 35.4 Å². The molecule has 1 amide bonds. The first-order chi connectivity index (χ1) is 11.2. The summed E-state index contributed by atoms with van der Waals surface area (Å²) in [6.07, 6.45) is 6.17. The highest BCUT2D eigenvalue weighted by Crippen LogP contribution is 2.23. The molecule has 122 valence electrons. The van der Waals surface area contributed by atoms with Crippen LogP contribution in [-0.4, -0.2) is 35.4 Å². The molecule has 1 aliphatic heterocycles. The van der Waals surface area contributed by atoms with Gasteiger partial charge in [0.2, 0.25) is 5.91 Å². The normalized spacial score (nSPS) is 18.1. The van der Waals surface area contributed by atoms with Crippen molar-refractivity contribution >= 4 is 17.2 Å². The van der Waals surface area contributed by atoms with Gasteiger partial charge in [0.15, 0.2) is 0 Å². The van der Waals surface area contributed by atoms with Crippen molar-refractivity contribution in [1.82, 2.24) is 15.2 Å². The molecule has 2 aromatic heterocycles. The van der Waals surface area contributed by atoms with Crippen molar-refractivity contribution in [3.05, 3.63) is 52.0 Å². The second-order valence-corrected chi connectivity index (χ2v) is 7.33. The molecule has 3 rings (SSSR count). The van der Waals surface area contributed by atoms with Gasteiger partial charge < -0.3 is 10.2 Å². The standard InChI is InChI=1S/C18H23N3OS/c1-14-7-8-16(23-14)5-2-6-18(22)21-11-10-20-13-17(21)15-4-3-9-19-12-15/h3-4,7-9,12,17,20H,2,5-6,10-11,13H2,1H3. The second-order valence-electron chi connectivity index (χ2n) is 5.96. The second kappa shape index (κ2) is 7.70. The molecule has 3 heterocycles. The van der Waals surface area contributed by atoms with Gasteiger partial charge in [0.05, 0.1) is 6.04 Å². The minimum Gasteiger partial charge on any atom is -0.333 e. The van der Waals surface area contributed by atoms with Crippen LogP contribution in [0.1, 0.15) is 34.2 Å². The van der Waals surface area contributed by atoms with Gasteiger partial charge >= 0.3 is 0 Å². The van der Waals surface area contributed by atoms with E-state index in [1.807, 2.05) is 28.5 Å². The van der Waals surface area contributed by atoms with Crippen LogP contribution in [0.15, 0.2) is 36.7 Å². The third kappa shape index (κ3) is 4.18. The summed E-state index contributed by atoms with van der Waals surface area (Å²) in [6, 6.07) is 8.42. The van der Waals surface area contributed by atoms with Gasteiger partial charge in [0.1, 0.15) is 0 Å². The van der Waals surface area contributed by atoms with Crippen molar-refractivity contribution in [3.8, 4) is 0 Å². The van der Waals surface area contributed by atoms with Crippen LogP contribution in [0.25, 0.3) is 0 Å². The highest BCUT2D eigenvalue weighted by atomic mass is 32.1. The molecule has 0 aromatic carbocycles. The average molecular weight is 329 g/mol. The number of amides is 1. The van der Waals surface area contributed by atoms with Crippen LogP contribution in [0.2, 0.25) is 0 Å². The Kier molecular flexibility index (Phi) is 5.41. The van der Waals surface area contributed by atoms with E-state index in [9.17, 15) is 4.79 Å². The van der Waals surface area contributed by atoms with Gasteiger partial charge in [-0.1, -0.05) is 6.07 Å². The lowest BCUT2D eigenvalue weighted by Gasteiger charge is -2.36. The highest BCUT2D eigenvalue weighted by Gasteiger charge is 2.27. The third-order valence-electron chi connectivity index (χ3n) is 4.24. The molecule has 1 N–H and O–H groups in total. The Labute approximate surface area is 141 Å². The number of nitrogens with zero attached hydrogens (tertiary/aromatic N) is 2. The predicted molar refractivity (Wildman–Crippen MR) is 93.6 cm³/mol. The van der Waals surface area contributed by atoms with Gasteiger partial charge in [0, 0.05) is 48.2 Å². The number of nitrogens with one attached hydrogen (secondary N) is 1. The van der Waals surface area contributed by atoms with Gasteiger partial charge in [-0.3, -0.25) is 9.78 Å². The number of aromatic nitrogens is 1. The van der Waals surface area contributed by atoms with E-state index in [1.165, 1.54) is 9.75 Å². The van der Waals surface area contributed by atoms with Crippen molar-refractivity contribution in [2.75, 3.05) is 19.6 Å². The molecule has 1 atom stereocenters. The minimum atomic E-state index is 0.105. The first-order valence-electron chi connectivity index (χ1n) is 8.19. The maximum Gasteiger partial charge on any atom is 0.223 e. The van der Waals surface area contributed by atoms with Crippen molar-refractivity contribution in [3.63, 3.8) is 0 Å². The summed E-state index contributed by atoms with van der Waals surface area (Å²) in [7, 11) is 0. The lowest BCUT2D eigenvalue weighted by Crippen LogP contribution is -2.48. The van der Waals surface area contributed by atoms with E-state index in [1.54, 1.807) is 6.20 Å². The Morgan fingerprint density at radius 2 is 2.35 bits per heavy atom. The molecule has 1 unspecified atom stereocenters. The van der Waals surface area contributed by atoms with E-state index in [0.717, 1.165) is 38.0 Å². The Hall–Kier alpha value is -1.72. The summed E-state index contributed by atoms with van der Waals surface area (Å²) in [5.41, 5.74) is 1.11. The lowest BCUT2D eigenvalue weighted by atomic mass is 10.0. The zero-order valence-corrected chi connectivity index (χ0v) is 14.3. The van der Waals surface area contributed by atoms with Crippen LogP contribution in [0, 0.1) is 6.92 Å². The van der Waals surface area contributed by atoms with E-state index in [-0.39, 0.29) is 11.9 Å². The van der Waals surface area contributed by atoms with Gasteiger partial charge in [-0.25, -0.2) is 0 Å². The lowest BCUT2D eigenvalue weighted by molar-refractivity contribution is -0.134. The van der Waals surface area contributed by atoms with E-state index >= 15 is 0 Å². The first kappa shape index (κ1) is 16.1. The molecular weight excluding hydrogens is 306 g/mol. The number of carbonyl (C=O) groups excluding carboxylic acids is 1. The van der Waals surface area contributed by atoms with Gasteiger partial charge in [-0.05, 0) is 43.5 Å². The molecule has 0 bridgehead atoms. The van der Waals surface area contributed by atoms with Crippen LogP contribution in [-0.2, 0) is 11.2 Å². The first-order valence-corrected chi connectivity index (χ1v) is 9.01. The SMILES string of the molecule is Cc1ccc(CCCC(=O)N2CCNCC2c2cccnc2)s1. The zero-order chi connectivity index (χ0) is 16.1. The van der Waals surface area contributed by atoms with Gasteiger partial charge in [-0.2, -0.15) is 0 Å². The van der Waals surface area contributed by atoms with Crippen molar-refractivity contribution in [2.45, 2.75) is 32.2 Å². The fourth-order valence-electron chi connectivity index (χ4n) is 3.05. The fraction of sp³-hybridized carbons (Fsp3) is 0.444. The van der Waals surface area contributed by atoms with Gasteiger partial charge in [0.25, 0.3) is 0 Å². The van der Waals surface area contributed by atoms with Crippen molar-refractivity contribution < 1.29 is 4.79 Å². The summed E-state index contributed by atoms with van der Waals surface area (Å²) in [4.78, 5) is 21.6. The van der Waals surface area contributed by atoms with Crippen LogP contribution in [0.4, 0.5) is 0 Å². The quantitative estimate of drug-likeness (QED) is 0.917. The Morgan fingerprint density at radius 3 is 3.09 bits per heavy atom. The van der Waals surface area contributed by atoms with Crippen LogP contribution in [0.5, 0.6) is 0 Å². The topological polar surface area (TPSA) is 45.2 Å². The Morgan fingerprint density at radius 1 is 1.43 bits per heavy atom. The molecule has 5 heteroatoms. The Bertz CT molecular complexity index is 641. The van der Waals surface area contributed by atoms with Crippen LogP contribution in [0.3, 0.4) is 0 Å². The number of rotatable bonds is 5. The van der Waals surface area contributed by atoms with Crippen LogP contribution >= 0.6 is 11.3 Å². The van der Waals surface area contributed by atoms with Crippen molar-refractivity contribution in [1.29, 1.82) is 0 Å². The Balaban J connectivity index is 1.58. The minimum absolute atomic E-state index is 0.105. The molecule has 1 fully saturated rings. The van der Waals surface area contributed by atoms with Gasteiger partial charge in [-0.15, -0.1) is 11.3 Å². The number of piperazine rings is 1. The fourth-order valence-corrected chi connectivity index (χ4v) is 3.98. The number of pyridine rings is 1. The van der Waals surface area contributed by atoms with E-state index in [4.69, 9.17) is 0 Å². The molecule has 0 radical (unpaired) electrons. The van der Waals surface area contributed by atoms with E-state index in [0.29, 0.717) is 6.42 Å². The summed E-state index contributed by atoms with van der Waals surface area (Å²) < 4.78 is 0. The molecule has 1 aliphatic rings. The van der Waals surface area contributed by atoms with E-state index < -0.39 is 0 Å². The number of aryl methyl sites for hydroxylation is 2. The molecule has 23 heavy (non-hydrogen) atoms. The number of carbonyl (C=O) groups is 1. The summed E-state index contributed by atoms with van der Waals surface area (Å²) in [6.45, 7) is 4.57. The van der Waals surface area contributed by atoms with Crippen LogP contribution < -0.4 is 5.32 Å². The average Bonchev–Trinajstić information content (AvgIpc) is 3.01. The molecule has 0 saturated carbocycles. The maximum atomic E-state index is 12.7. The number of hydrogen-bond acceptors (Lipinski definition) is 4. The number of thiophene rings is 1. The summed E-state index contributed by atoms with van der Waals surface area (Å²) >= 11 is 1.83. The largest absolute Gasteiger partial charge is 0.333 e. The molecule has 2 aromatic rings. The monoisotopic (exact) mass is 329 g/mol. The summed E-state index contributed by atoms with van der Waals surface area (Å²) in [5.74, 6) is 0.258. The molecule has 0 aliphatic carbocycles. The highest BCUT2D eigenvalue weighted by molar-refractivity contribution is 7.11. The predicted octanol–water partition coefficient (Wildman–Crippen LogP) is 2.95. The molecule has 0 spiro atoms. The zero-order valence-electron chi connectivity index (χ0n) is 13.5. The van der Waals surface area contributed by atoms with Crippen molar-refractivity contribution in [2.24, 2.45) is 0 Å². The summed E-state index contributed by atoms with van der Waals surface area (Å²) in [5, 5.41) is 3.38. The molecule has 1 saturated heterocycles.